The summed E-state index contributed by atoms with van der Waals surface area (Å²) >= 11 is 1.56. The fourth-order valence-electron chi connectivity index (χ4n) is 2.31. The number of aromatic nitrogens is 1. The molecule has 0 aliphatic rings. The molecular weight excluding hydrogens is 336 g/mol. The van der Waals surface area contributed by atoms with E-state index in [-0.39, 0.29) is 11.9 Å². The maximum Gasteiger partial charge on any atom is 0.234 e. The minimum atomic E-state index is 0.0451. The van der Waals surface area contributed by atoms with Gasteiger partial charge in [-0.2, -0.15) is 0 Å². The van der Waals surface area contributed by atoms with Gasteiger partial charge in [0.2, 0.25) is 5.91 Å². The average molecular weight is 362 g/mol. The summed E-state index contributed by atoms with van der Waals surface area (Å²) in [5.41, 5.74) is 1.92. The van der Waals surface area contributed by atoms with Crippen LogP contribution in [0.25, 0.3) is 0 Å². The molecule has 0 saturated heterocycles. The van der Waals surface area contributed by atoms with E-state index < -0.39 is 0 Å². The van der Waals surface area contributed by atoms with E-state index >= 15 is 0 Å². The zero-order valence-corrected chi connectivity index (χ0v) is 16.0. The van der Waals surface area contributed by atoms with Gasteiger partial charge in [0, 0.05) is 23.7 Å². The number of benzene rings is 1. The quantitative estimate of drug-likeness (QED) is 0.717. The molecule has 1 aromatic carbocycles. The zero-order valence-electron chi connectivity index (χ0n) is 15.2. The fraction of sp³-hybridized carbons (Fsp3) is 0.444. The van der Waals surface area contributed by atoms with Crippen molar-refractivity contribution < 1.29 is 9.53 Å². The van der Waals surface area contributed by atoms with E-state index in [1.165, 1.54) is 0 Å². The Morgan fingerprint density at radius 2 is 2.04 bits per heavy atom. The smallest absolute Gasteiger partial charge is 0.234 e. The number of carbonyl (C=O) groups excluding carboxylic acids is 1. The maximum absolute atomic E-state index is 11.9. The lowest BCUT2D eigenvalue weighted by Gasteiger charge is -2.19. The van der Waals surface area contributed by atoms with E-state index in [1.807, 2.05) is 50.4 Å². The first kappa shape index (κ1) is 19.2. The number of hydrogen-bond donors (Lipinski definition) is 2. The van der Waals surface area contributed by atoms with Crippen molar-refractivity contribution in [1.82, 2.24) is 15.2 Å². The number of hydrogen-bond acceptors (Lipinski definition) is 6. The van der Waals surface area contributed by atoms with E-state index in [2.05, 4.69) is 20.5 Å². The van der Waals surface area contributed by atoms with Gasteiger partial charge in [0.25, 0.3) is 0 Å². The Bertz CT molecular complexity index is 670. The van der Waals surface area contributed by atoms with E-state index in [1.54, 1.807) is 18.4 Å². The molecule has 2 aromatic rings. The minimum Gasteiger partial charge on any atom is -0.497 e. The second kappa shape index (κ2) is 9.39. The van der Waals surface area contributed by atoms with Crippen molar-refractivity contribution in [1.29, 1.82) is 0 Å². The van der Waals surface area contributed by atoms with Crippen LogP contribution in [0.5, 0.6) is 5.75 Å². The van der Waals surface area contributed by atoms with Crippen molar-refractivity contribution >= 4 is 28.1 Å². The molecule has 0 spiro atoms. The van der Waals surface area contributed by atoms with Gasteiger partial charge in [-0.05, 0) is 44.7 Å². The Labute approximate surface area is 153 Å². The number of amides is 1. The number of methoxy groups -OCH3 is 1. The molecule has 1 heterocycles. The molecule has 1 aromatic heterocycles. The highest BCUT2D eigenvalue weighted by Crippen LogP contribution is 2.23. The van der Waals surface area contributed by atoms with Crippen molar-refractivity contribution in [2.45, 2.75) is 33.4 Å². The van der Waals surface area contributed by atoms with E-state index in [4.69, 9.17) is 4.74 Å². The standard InChI is InChI=1S/C18H26N4O2S/c1-5-22(11-17(23)19-13(2)3)10-15-12-25-18(21-15)20-14-6-8-16(24-4)9-7-14/h6-9,12-13H,5,10-11H2,1-4H3,(H,19,23)(H,20,21). The molecule has 0 unspecified atom stereocenters. The van der Waals surface area contributed by atoms with Gasteiger partial charge in [-0.15, -0.1) is 11.3 Å². The van der Waals surface area contributed by atoms with Gasteiger partial charge in [0.15, 0.2) is 5.13 Å². The summed E-state index contributed by atoms with van der Waals surface area (Å²) in [6.07, 6.45) is 0. The first-order valence-corrected chi connectivity index (χ1v) is 9.25. The van der Waals surface area contributed by atoms with Crippen molar-refractivity contribution in [2.75, 3.05) is 25.5 Å². The molecular formula is C18H26N4O2S. The second-order valence-electron chi connectivity index (χ2n) is 6.02. The number of rotatable bonds is 9. The van der Waals surface area contributed by atoms with Crippen LogP contribution in [0.2, 0.25) is 0 Å². The van der Waals surface area contributed by atoms with Gasteiger partial charge >= 0.3 is 0 Å². The van der Waals surface area contributed by atoms with Crippen LogP contribution >= 0.6 is 11.3 Å². The van der Waals surface area contributed by atoms with Crippen LogP contribution < -0.4 is 15.4 Å². The Morgan fingerprint density at radius 1 is 1.32 bits per heavy atom. The molecule has 1 amide bonds. The van der Waals surface area contributed by atoms with Crippen LogP contribution in [0.1, 0.15) is 26.5 Å². The largest absolute Gasteiger partial charge is 0.497 e. The number of ether oxygens (including phenoxy) is 1. The number of nitrogens with one attached hydrogen (secondary N) is 2. The van der Waals surface area contributed by atoms with Crippen molar-refractivity contribution in [3.8, 4) is 5.75 Å². The molecule has 0 aliphatic carbocycles. The van der Waals surface area contributed by atoms with E-state index in [9.17, 15) is 4.79 Å². The highest BCUT2D eigenvalue weighted by molar-refractivity contribution is 7.13. The van der Waals surface area contributed by atoms with Gasteiger partial charge in [-0.1, -0.05) is 6.92 Å². The zero-order chi connectivity index (χ0) is 18.2. The molecule has 0 bridgehead atoms. The lowest BCUT2D eigenvalue weighted by Crippen LogP contribution is -2.39. The van der Waals surface area contributed by atoms with Crippen LogP contribution in [0.4, 0.5) is 10.8 Å². The fourth-order valence-corrected chi connectivity index (χ4v) is 3.04. The molecule has 7 heteroatoms. The third-order valence-corrected chi connectivity index (χ3v) is 4.35. The average Bonchev–Trinajstić information content (AvgIpc) is 3.01. The van der Waals surface area contributed by atoms with Gasteiger partial charge in [0.1, 0.15) is 5.75 Å². The Balaban J connectivity index is 1.91. The highest BCUT2D eigenvalue weighted by Gasteiger charge is 2.12. The molecule has 25 heavy (non-hydrogen) atoms. The number of carbonyl (C=O) groups is 1. The molecule has 0 aliphatic heterocycles. The summed E-state index contributed by atoms with van der Waals surface area (Å²) in [6.45, 7) is 7.81. The maximum atomic E-state index is 11.9. The van der Waals surface area contributed by atoms with Gasteiger partial charge in [-0.3, -0.25) is 9.69 Å². The van der Waals surface area contributed by atoms with Crippen LogP contribution in [0.3, 0.4) is 0 Å². The summed E-state index contributed by atoms with van der Waals surface area (Å²) in [6, 6.07) is 7.88. The number of nitrogens with zero attached hydrogens (tertiary/aromatic N) is 2. The monoisotopic (exact) mass is 362 g/mol. The lowest BCUT2D eigenvalue weighted by atomic mass is 10.3. The molecule has 136 valence electrons. The first-order valence-electron chi connectivity index (χ1n) is 8.37. The van der Waals surface area contributed by atoms with Crippen LogP contribution in [0.15, 0.2) is 29.6 Å². The second-order valence-corrected chi connectivity index (χ2v) is 6.88. The first-order chi connectivity index (χ1) is 12.0. The van der Waals surface area contributed by atoms with Crippen LogP contribution in [0, 0.1) is 0 Å². The van der Waals surface area contributed by atoms with Crippen LogP contribution in [-0.4, -0.2) is 42.0 Å². The normalized spacial score (nSPS) is 11.0. The van der Waals surface area contributed by atoms with Gasteiger partial charge in [0.05, 0.1) is 19.3 Å². The third kappa shape index (κ3) is 6.36. The summed E-state index contributed by atoms with van der Waals surface area (Å²) < 4.78 is 5.16. The SMILES string of the molecule is CCN(CC(=O)NC(C)C)Cc1csc(Nc2ccc(OC)cc2)n1. The summed E-state index contributed by atoms with van der Waals surface area (Å²) in [7, 11) is 1.65. The summed E-state index contributed by atoms with van der Waals surface area (Å²) in [5.74, 6) is 0.868. The van der Waals surface area contributed by atoms with E-state index in [0.717, 1.165) is 28.8 Å². The molecule has 0 atom stereocenters. The van der Waals surface area contributed by atoms with Gasteiger partial charge in [-0.25, -0.2) is 4.98 Å². The Morgan fingerprint density at radius 3 is 2.64 bits per heavy atom. The highest BCUT2D eigenvalue weighted by atomic mass is 32.1. The number of thiazole rings is 1. The van der Waals surface area contributed by atoms with Crippen molar-refractivity contribution in [3.05, 3.63) is 35.3 Å². The predicted molar refractivity (Wildman–Crippen MR) is 103 cm³/mol. The molecule has 0 fully saturated rings. The number of likely N-dealkylation sites (N-methyl/N-ethyl adjacent to an activating group) is 1. The summed E-state index contributed by atoms with van der Waals surface area (Å²) in [5, 5.41) is 9.07. The summed E-state index contributed by atoms with van der Waals surface area (Å²) in [4.78, 5) is 18.6. The van der Waals surface area contributed by atoms with E-state index in [0.29, 0.717) is 13.1 Å². The van der Waals surface area contributed by atoms with Crippen molar-refractivity contribution in [2.24, 2.45) is 0 Å². The molecule has 2 rings (SSSR count). The van der Waals surface area contributed by atoms with Crippen LogP contribution in [-0.2, 0) is 11.3 Å². The predicted octanol–water partition coefficient (Wildman–Crippen LogP) is 3.24. The Kier molecular flexibility index (Phi) is 7.21. The topological polar surface area (TPSA) is 66.5 Å². The lowest BCUT2D eigenvalue weighted by molar-refractivity contribution is -0.122. The minimum absolute atomic E-state index is 0.0451. The third-order valence-electron chi connectivity index (χ3n) is 3.54. The van der Waals surface area contributed by atoms with Gasteiger partial charge < -0.3 is 15.4 Å². The molecule has 0 saturated carbocycles. The van der Waals surface area contributed by atoms with Crippen molar-refractivity contribution in [3.63, 3.8) is 0 Å². The molecule has 2 N–H and O–H groups in total. The Hall–Kier alpha value is -2.12. The molecule has 6 nitrogen and oxygen atoms in total. The number of anilines is 2. The molecule has 0 radical (unpaired) electrons.